The van der Waals surface area contributed by atoms with Crippen molar-refractivity contribution >= 4 is 18.8 Å². The second-order valence-corrected chi connectivity index (χ2v) is 3.59. The summed E-state index contributed by atoms with van der Waals surface area (Å²) in [6.07, 6.45) is 4.93. The summed E-state index contributed by atoms with van der Waals surface area (Å²) in [4.78, 5) is 4.52. The predicted molar refractivity (Wildman–Crippen MR) is 60.0 cm³/mol. The minimum Gasteiger partial charge on any atom is -0.310 e. The maximum atomic E-state index is 4.52. The first-order valence-electron chi connectivity index (χ1n) is 4.57. The summed E-state index contributed by atoms with van der Waals surface area (Å²) in [5.41, 5.74) is 1.14. The molecule has 0 aliphatic rings. The Labute approximate surface area is 85.1 Å². The van der Waals surface area contributed by atoms with E-state index < -0.39 is 0 Å². The van der Waals surface area contributed by atoms with Gasteiger partial charge in [-0.1, -0.05) is 20.8 Å². The Morgan fingerprint density at radius 3 is 2.77 bits per heavy atom. The minimum atomic E-state index is 0.486. The van der Waals surface area contributed by atoms with Crippen molar-refractivity contribution in [1.29, 1.82) is 0 Å². The highest BCUT2D eigenvalue weighted by Gasteiger charge is 2.06. The van der Waals surface area contributed by atoms with Crippen molar-refractivity contribution in [2.24, 2.45) is 0 Å². The number of nitrogens with zero attached hydrogens (tertiary/aromatic N) is 2. The van der Waals surface area contributed by atoms with Crippen molar-refractivity contribution in [1.82, 2.24) is 9.55 Å². The van der Waals surface area contributed by atoms with Gasteiger partial charge in [0.2, 0.25) is 0 Å². The fourth-order valence-electron chi connectivity index (χ4n) is 1.19. The van der Waals surface area contributed by atoms with Gasteiger partial charge < -0.3 is 4.57 Å². The van der Waals surface area contributed by atoms with Gasteiger partial charge in [0.1, 0.15) is 5.82 Å². The monoisotopic (exact) mass is 196 g/mol. The SMILES string of the molecule is CCc1nc(C(C)C)cn1/C=C\S. The molecule has 1 aromatic heterocycles. The van der Waals surface area contributed by atoms with E-state index in [-0.39, 0.29) is 0 Å². The standard InChI is InChI=1S/C10H16N2S/c1-4-10-11-9(8(2)3)7-12(10)5-6-13/h5-8,13H,4H2,1-3H3/b6-5-. The number of rotatable bonds is 3. The van der Waals surface area contributed by atoms with E-state index in [0.29, 0.717) is 5.92 Å². The lowest BCUT2D eigenvalue weighted by Gasteiger charge is -1.95. The van der Waals surface area contributed by atoms with E-state index in [1.807, 2.05) is 10.8 Å². The zero-order valence-electron chi connectivity index (χ0n) is 8.36. The summed E-state index contributed by atoms with van der Waals surface area (Å²) < 4.78 is 2.03. The Bertz CT molecular complexity index is 300. The summed E-state index contributed by atoms with van der Waals surface area (Å²) in [7, 11) is 0. The van der Waals surface area contributed by atoms with Gasteiger partial charge in [-0.25, -0.2) is 4.98 Å². The van der Waals surface area contributed by atoms with Crippen molar-refractivity contribution in [3.05, 3.63) is 23.1 Å². The molecule has 13 heavy (non-hydrogen) atoms. The van der Waals surface area contributed by atoms with Crippen LogP contribution in [0.5, 0.6) is 0 Å². The number of aromatic nitrogens is 2. The highest BCUT2D eigenvalue weighted by molar-refractivity contribution is 7.83. The number of aryl methyl sites for hydroxylation is 1. The van der Waals surface area contributed by atoms with Crippen LogP contribution in [0.3, 0.4) is 0 Å². The molecule has 1 heterocycles. The van der Waals surface area contributed by atoms with Gasteiger partial charge in [-0.3, -0.25) is 0 Å². The van der Waals surface area contributed by atoms with Crippen LogP contribution in [0.2, 0.25) is 0 Å². The predicted octanol–water partition coefficient (Wildman–Crippen LogP) is 2.93. The smallest absolute Gasteiger partial charge is 0.112 e. The largest absolute Gasteiger partial charge is 0.310 e. The molecule has 3 heteroatoms. The molecule has 0 spiro atoms. The molecule has 72 valence electrons. The average Bonchev–Trinajstić information content (AvgIpc) is 2.48. The van der Waals surface area contributed by atoms with Crippen LogP contribution >= 0.6 is 12.6 Å². The molecule has 0 unspecified atom stereocenters. The van der Waals surface area contributed by atoms with Crippen molar-refractivity contribution in [3.8, 4) is 0 Å². The van der Waals surface area contributed by atoms with Crippen molar-refractivity contribution in [2.45, 2.75) is 33.1 Å². The topological polar surface area (TPSA) is 17.8 Å². The summed E-state index contributed by atoms with van der Waals surface area (Å²) in [5, 5.41) is 1.73. The van der Waals surface area contributed by atoms with Gasteiger partial charge in [0.15, 0.2) is 0 Å². The van der Waals surface area contributed by atoms with Gasteiger partial charge in [0.25, 0.3) is 0 Å². The molecule has 0 saturated carbocycles. The van der Waals surface area contributed by atoms with Crippen LogP contribution < -0.4 is 0 Å². The summed E-state index contributed by atoms with van der Waals surface area (Å²) in [5.74, 6) is 1.58. The molecule has 0 fully saturated rings. The Hall–Kier alpha value is -0.700. The number of hydrogen-bond acceptors (Lipinski definition) is 2. The zero-order valence-corrected chi connectivity index (χ0v) is 9.25. The fourth-order valence-corrected chi connectivity index (χ4v) is 1.34. The van der Waals surface area contributed by atoms with E-state index >= 15 is 0 Å². The molecule has 0 atom stereocenters. The maximum absolute atomic E-state index is 4.52. The van der Waals surface area contributed by atoms with Crippen LogP contribution in [0.25, 0.3) is 6.20 Å². The highest BCUT2D eigenvalue weighted by atomic mass is 32.1. The molecular weight excluding hydrogens is 180 g/mol. The zero-order chi connectivity index (χ0) is 9.84. The molecule has 2 nitrogen and oxygen atoms in total. The molecule has 0 aliphatic heterocycles. The Balaban J connectivity index is 3.04. The van der Waals surface area contributed by atoms with Crippen LogP contribution in [0, 0.1) is 0 Å². The Kier molecular flexibility index (Phi) is 3.60. The molecule has 0 saturated heterocycles. The molecule has 1 aromatic rings. The third-order valence-corrected chi connectivity index (χ3v) is 2.10. The van der Waals surface area contributed by atoms with Gasteiger partial charge in [-0.15, -0.1) is 12.6 Å². The van der Waals surface area contributed by atoms with Gasteiger partial charge >= 0.3 is 0 Å². The van der Waals surface area contributed by atoms with Crippen LogP contribution in [-0.4, -0.2) is 9.55 Å². The molecule has 0 aliphatic carbocycles. The molecule has 0 bridgehead atoms. The van der Waals surface area contributed by atoms with Crippen molar-refractivity contribution in [2.75, 3.05) is 0 Å². The third-order valence-electron chi connectivity index (χ3n) is 1.96. The summed E-state index contributed by atoms with van der Waals surface area (Å²) >= 11 is 4.05. The van der Waals surface area contributed by atoms with E-state index in [1.54, 1.807) is 5.41 Å². The number of hydrogen-bond donors (Lipinski definition) is 1. The molecular formula is C10H16N2S. The van der Waals surface area contributed by atoms with Gasteiger partial charge in [-0.2, -0.15) is 0 Å². The first-order valence-corrected chi connectivity index (χ1v) is 5.09. The van der Waals surface area contributed by atoms with Crippen LogP contribution in [0.4, 0.5) is 0 Å². The van der Waals surface area contributed by atoms with E-state index in [2.05, 4.69) is 44.6 Å². The Morgan fingerprint density at radius 1 is 1.62 bits per heavy atom. The van der Waals surface area contributed by atoms with Crippen molar-refractivity contribution < 1.29 is 0 Å². The minimum absolute atomic E-state index is 0.486. The van der Waals surface area contributed by atoms with Crippen LogP contribution in [0.15, 0.2) is 11.6 Å². The van der Waals surface area contributed by atoms with Crippen LogP contribution in [-0.2, 0) is 6.42 Å². The van der Waals surface area contributed by atoms with Crippen molar-refractivity contribution in [3.63, 3.8) is 0 Å². The summed E-state index contributed by atoms with van der Waals surface area (Å²) in [6.45, 7) is 6.41. The Morgan fingerprint density at radius 2 is 2.31 bits per heavy atom. The highest BCUT2D eigenvalue weighted by Crippen LogP contribution is 2.14. The lowest BCUT2D eigenvalue weighted by molar-refractivity contribution is 0.822. The first-order chi connectivity index (χ1) is 6.19. The van der Waals surface area contributed by atoms with Gasteiger partial charge in [0.05, 0.1) is 5.69 Å². The maximum Gasteiger partial charge on any atom is 0.112 e. The van der Waals surface area contributed by atoms with Gasteiger partial charge in [0, 0.05) is 18.8 Å². The quantitative estimate of drug-likeness (QED) is 0.736. The van der Waals surface area contributed by atoms with E-state index in [0.717, 1.165) is 17.9 Å². The van der Waals surface area contributed by atoms with Crippen LogP contribution in [0.1, 0.15) is 38.2 Å². The molecule has 0 radical (unpaired) electrons. The second-order valence-electron chi connectivity index (χ2n) is 3.30. The van der Waals surface area contributed by atoms with E-state index in [4.69, 9.17) is 0 Å². The molecule has 1 rings (SSSR count). The molecule has 0 aromatic carbocycles. The van der Waals surface area contributed by atoms with E-state index in [1.165, 1.54) is 0 Å². The molecule has 0 amide bonds. The second kappa shape index (κ2) is 4.51. The van der Waals surface area contributed by atoms with Gasteiger partial charge in [-0.05, 0) is 11.3 Å². The number of imidazole rings is 1. The fraction of sp³-hybridized carbons (Fsp3) is 0.500. The number of thiol groups is 1. The average molecular weight is 196 g/mol. The third kappa shape index (κ3) is 2.37. The normalized spacial score (nSPS) is 11.8. The first kappa shape index (κ1) is 10.4. The lowest BCUT2D eigenvalue weighted by atomic mass is 10.2. The summed E-state index contributed by atoms with van der Waals surface area (Å²) in [6, 6.07) is 0. The van der Waals surface area contributed by atoms with E-state index in [9.17, 15) is 0 Å². The lowest BCUT2D eigenvalue weighted by Crippen LogP contribution is -1.92. The molecule has 0 N–H and O–H groups in total.